The van der Waals surface area contributed by atoms with Crippen molar-refractivity contribution in [3.63, 3.8) is 0 Å². The molecule has 138 valence electrons. The molecule has 0 radical (unpaired) electrons. The lowest BCUT2D eigenvalue weighted by molar-refractivity contribution is -0.122. The van der Waals surface area contributed by atoms with E-state index >= 15 is 0 Å². The Balaban J connectivity index is 1.57. The number of aryl methyl sites for hydroxylation is 1. The van der Waals surface area contributed by atoms with Gasteiger partial charge in [-0.25, -0.2) is 0 Å². The predicted molar refractivity (Wildman–Crippen MR) is 100 cm³/mol. The Morgan fingerprint density at radius 1 is 1.35 bits per heavy atom. The van der Waals surface area contributed by atoms with Gasteiger partial charge >= 0.3 is 0 Å². The lowest BCUT2D eigenvalue weighted by Crippen LogP contribution is -2.28. The van der Waals surface area contributed by atoms with E-state index in [1.807, 2.05) is 38.1 Å². The van der Waals surface area contributed by atoms with Crippen LogP contribution in [0.3, 0.4) is 0 Å². The van der Waals surface area contributed by atoms with Gasteiger partial charge in [-0.1, -0.05) is 29.0 Å². The smallest absolute Gasteiger partial charge is 0.231 e. The summed E-state index contributed by atoms with van der Waals surface area (Å²) in [7, 11) is 0. The molecule has 0 saturated carbocycles. The first kappa shape index (κ1) is 18.5. The number of hydrogen-bond donors (Lipinski definition) is 1. The SMILES string of the molecule is CCOCCc1nnc(NC(=O)C2CC(=O)N(c3ccc(C)cc3)C2)s1. The lowest BCUT2D eigenvalue weighted by atomic mass is 10.1. The van der Waals surface area contributed by atoms with Crippen LogP contribution in [0.1, 0.15) is 23.9 Å². The molecule has 0 spiro atoms. The Morgan fingerprint density at radius 2 is 2.12 bits per heavy atom. The van der Waals surface area contributed by atoms with Crippen LogP contribution in [-0.2, 0) is 20.7 Å². The topological polar surface area (TPSA) is 84.4 Å². The van der Waals surface area contributed by atoms with Crippen LogP contribution >= 0.6 is 11.3 Å². The van der Waals surface area contributed by atoms with Crippen molar-refractivity contribution in [3.8, 4) is 0 Å². The van der Waals surface area contributed by atoms with E-state index in [0.29, 0.717) is 31.3 Å². The van der Waals surface area contributed by atoms with Gasteiger partial charge in [-0.3, -0.25) is 9.59 Å². The van der Waals surface area contributed by atoms with E-state index in [1.165, 1.54) is 11.3 Å². The number of aromatic nitrogens is 2. The van der Waals surface area contributed by atoms with Crippen LogP contribution in [0.25, 0.3) is 0 Å². The molecule has 0 bridgehead atoms. The average molecular weight is 374 g/mol. The quantitative estimate of drug-likeness (QED) is 0.753. The molecule has 2 amide bonds. The maximum absolute atomic E-state index is 12.5. The fourth-order valence-corrected chi connectivity index (χ4v) is 3.50. The number of nitrogens with one attached hydrogen (secondary N) is 1. The number of carbonyl (C=O) groups excluding carboxylic acids is 2. The summed E-state index contributed by atoms with van der Waals surface area (Å²) in [5.41, 5.74) is 1.95. The van der Waals surface area contributed by atoms with Crippen molar-refractivity contribution in [2.45, 2.75) is 26.7 Å². The van der Waals surface area contributed by atoms with Gasteiger partial charge in [-0.2, -0.15) is 0 Å². The molecule has 1 aromatic carbocycles. The fraction of sp³-hybridized carbons (Fsp3) is 0.444. The van der Waals surface area contributed by atoms with Crippen molar-refractivity contribution in [1.82, 2.24) is 10.2 Å². The van der Waals surface area contributed by atoms with Gasteiger partial charge in [0.2, 0.25) is 16.9 Å². The Bertz CT molecular complexity index is 775. The Labute approximate surface area is 156 Å². The molecule has 26 heavy (non-hydrogen) atoms. The summed E-state index contributed by atoms with van der Waals surface area (Å²) in [6, 6.07) is 7.73. The molecule has 0 aliphatic carbocycles. The van der Waals surface area contributed by atoms with Gasteiger partial charge < -0.3 is 15.0 Å². The third kappa shape index (κ3) is 4.44. The number of benzene rings is 1. The minimum atomic E-state index is -0.389. The number of ether oxygens (including phenoxy) is 1. The molecule has 1 N–H and O–H groups in total. The molecule has 7 nitrogen and oxygen atoms in total. The van der Waals surface area contributed by atoms with E-state index in [4.69, 9.17) is 4.74 Å². The van der Waals surface area contributed by atoms with Crippen molar-refractivity contribution in [1.29, 1.82) is 0 Å². The molecule has 1 atom stereocenters. The summed E-state index contributed by atoms with van der Waals surface area (Å²) in [5.74, 6) is -0.622. The second-order valence-corrected chi connectivity index (χ2v) is 7.24. The molecule has 1 aromatic heterocycles. The average Bonchev–Trinajstić information content (AvgIpc) is 3.23. The molecule has 1 aliphatic heterocycles. The highest BCUT2D eigenvalue weighted by Crippen LogP contribution is 2.26. The summed E-state index contributed by atoms with van der Waals surface area (Å²) < 4.78 is 5.29. The summed E-state index contributed by atoms with van der Waals surface area (Å²) in [5, 5.41) is 12.1. The third-order valence-corrected chi connectivity index (χ3v) is 5.10. The monoisotopic (exact) mass is 374 g/mol. The zero-order valence-corrected chi connectivity index (χ0v) is 15.7. The summed E-state index contributed by atoms with van der Waals surface area (Å²) in [4.78, 5) is 26.4. The van der Waals surface area contributed by atoms with Crippen LogP contribution in [0.2, 0.25) is 0 Å². The van der Waals surface area contributed by atoms with E-state index in [-0.39, 0.29) is 24.2 Å². The van der Waals surface area contributed by atoms with Crippen LogP contribution < -0.4 is 10.2 Å². The highest BCUT2D eigenvalue weighted by atomic mass is 32.1. The zero-order chi connectivity index (χ0) is 18.5. The second kappa shape index (κ2) is 8.37. The van der Waals surface area contributed by atoms with Crippen molar-refractivity contribution in [2.24, 2.45) is 5.92 Å². The Hall–Kier alpha value is -2.32. The summed E-state index contributed by atoms with van der Waals surface area (Å²) >= 11 is 1.34. The first-order valence-electron chi connectivity index (χ1n) is 8.65. The standard InChI is InChI=1S/C18H22N4O3S/c1-3-25-9-8-15-20-21-18(26-15)19-17(24)13-10-16(23)22(11-13)14-6-4-12(2)5-7-14/h4-7,13H,3,8-11H2,1-2H3,(H,19,21,24). The summed E-state index contributed by atoms with van der Waals surface area (Å²) in [6.45, 7) is 5.56. The van der Waals surface area contributed by atoms with Gasteiger partial charge in [0.15, 0.2) is 0 Å². The van der Waals surface area contributed by atoms with Crippen LogP contribution in [0.15, 0.2) is 24.3 Å². The van der Waals surface area contributed by atoms with E-state index < -0.39 is 0 Å². The van der Waals surface area contributed by atoms with E-state index in [0.717, 1.165) is 16.3 Å². The number of nitrogens with zero attached hydrogens (tertiary/aromatic N) is 3. The molecular formula is C18H22N4O3S. The fourth-order valence-electron chi connectivity index (χ4n) is 2.77. The largest absolute Gasteiger partial charge is 0.381 e. The van der Waals surface area contributed by atoms with E-state index in [1.54, 1.807) is 4.90 Å². The molecule has 1 aliphatic rings. The number of rotatable bonds is 7. The molecule has 1 unspecified atom stereocenters. The highest BCUT2D eigenvalue weighted by molar-refractivity contribution is 7.15. The van der Waals surface area contributed by atoms with Crippen LogP contribution in [0.5, 0.6) is 0 Å². The normalized spacial score (nSPS) is 16.9. The molecule has 1 fully saturated rings. The van der Waals surface area contributed by atoms with Crippen molar-refractivity contribution < 1.29 is 14.3 Å². The van der Waals surface area contributed by atoms with E-state index in [2.05, 4.69) is 15.5 Å². The number of anilines is 2. The molecule has 1 saturated heterocycles. The van der Waals surface area contributed by atoms with Crippen LogP contribution in [0.4, 0.5) is 10.8 Å². The van der Waals surface area contributed by atoms with Gasteiger partial charge in [-0.15, -0.1) is 10.2 Å². The molecule has 3 rings (SSSR count). The van der Waals surface area contributed by atoms with Crippen LogP contribution in [0, 0.1) is 12.8 Å². The molecule has 2 heterocycles. The maximum Gasteiger partial charge on any atom is 0.231 e. The molecular weight excluding hydrogens is 352 g/mol. The van der Waals surface area contributed by atoms with Gasteiger partial charge in [0.1, 0.15) is 5.01 Å². The zero-order valence-electron chi connectivity index (χ0n) is 14.9. The van der Waals surface area contributed by atoms with Gasteiger partial charge in [-0.05, 0) is 26.0 Å². The number of carbonyl (C=O) groups is 2. The van der Waals surface area contributed by atoms with Crippen molar-refractivity contribution >= 4 is 34.0 Å². The van der Waals surface area contributed by atoms with Gasteiger partial charge in [0.05, 0.1) is 12.5 Å². The summed E-state index contributed by atoms with van der Waals surface area (Å²) in [6.07, 6.45) is 0.875. The predicted octanol–water partition coefficient (Wildman–Crippen LogP) is 2.42. The first-order chi connectivity index (χ1) is 12.6. The van der Waals surface area contributed by atoms with Crippen molar-refractivity contribution in [2.75, 3.05) is 30.0 Å². The number of amides is 2. The Kier molecular flexibility index (Phi) is 5.95. The van der Waals surface area contributed by atoms with Gasteiger partial charge in [0.25, 0.3) is 0 Å². The third-order valence-electron chi connectivity index (χ3n) is 4.20. The maximum atomic E-state index is 12.5. The number of hydrogen-bond acceptors (Lipinski definition) is 6. The lowest BCUT2D eigenvalue weighted by Gasteiger charge is -2.16. The van der Waals surface area contributed by atoms with Crippen LogP contribution in [-0.4, -0.2) is 41.8 Å². The second-order valence-electron chi connectivity index (χ2n) is 6.18. The van der Waals surface area contributed by atoms with Crippen molar-refractivity contribution in [3.05, 3.63) is 34.8 Å². The highest BCUT2D eigenvalue weighted by Gasteiger charge is 2.35. The molecule has 8 heteroatoms. The minimum Gasteiger partial charge on any atom is -0.381 e. The minimum absolute atomic E-state index is 0.0383. The Morgan fingerprint density at radius 3 is 2.85 bits per heavy atom. The van der Waals surface area contributed by atoms with E-state index in [9.17, 15) is 9.59 Å². The van der Waals surface area contributed by atoms with Gasteiger partial charge in [0, 0.05) is 31.7 Å². The molecule has 2 aromatic rings. The first-order valence-corrected chi connectivity index (χ1v) is 9.46.